The van der Waals surface area contributed by atoms with Crippen LogP contribution in [0, 0.1) is 5.92 Å². The molecule has 1 amide bonds. The predicted octanol–water partition coefficient (Wildman–Crippen LogP) is 3.36. The summed E-state index contributed by atoms with van der Waals surface area (Å²) in [6.45, 7) is 8.17. The van der Waals surface area contributed by atoms with Crippen molar-refractivity contribution in [2.75, 3.05) is 26.0 Å². The highest BCUT2D eigenvalue weighted by Gasteiger charge is 2.27. The van der Waals surface area contributed by atoms with Crippen LogP contribution in [0.5, 0.6) is 0 Å². The maximum absolute atomic E-state index is 12.2. The van der Waals surface area contributed by atoms with Gasteiger partial charge in [0.05, 0.1) is 18.9 Å². The minimum Gasteiger partial charge on any atom is -0.444 e. The summed E-state index contributed by atoms with van der Waals surface area (Å²) < 4.78 is 11.3. The Hall–Kier alpha value is -1.34. The third-order valence-electron chi connectivity index (χ3n) is 3.69. The van der Waals surface area contributed by atoms with E-state index in [1.807, 2.05) is 27.0 Å². The molecule has 1 saturated heterocycles. The van der Waals surface area contributed by atoms with Crippen molar-refractivity contribution in [3.8, 4) is 0 Å². The lowest BCUT2D eigenvalue weighted by Gasteiger charge is -2.34. The first-order valence-electron chi connectivity index (χ1n) is 8.28. The van der Waals surface area contributed by atoms with Crippen LogP contribution >= 0.6 is 11.8 Å². The van der Waals surface area contributed by atoms with Gasteiger partial charge < -0.3 is 14.4 Å². The molecule has 0 spiro atoms. The lowest BCUT2D eigenvalue weighted by Crippen LogP contribution is -2.43. The zero-order chi connectivity index (χ0) is 17.6. The number of nitrogens with zero attached hydrogens (tertiary/aromatic N) is 3. The van der Waals surface area contributed by atoms with Crippen molar-refractivity contribution in [2.45, 2.75) is 50.8 Å². The van der Waals surface area contributed by atoms with Crippen molar-refractivity contribution >= 4 is 17.9 Å². The van der Waals surface area contributed by atoms with Gasteiger partial charge in [0, 0.05) is 31.4 Å². The molecule has 2 rings (SSSR count). The Labute approximate surface area is 148 Å². The summed E-state index contributed by atoms with van der Waals surface area (Å²) in [5.74, 6) is 0.334. The van der Waals surface area contributed by atoms with Gasteiger partial charge in [-0.2, -0.15) is 0 Å². The van der Waals surface area contributed by atoms with Gasteiger partial charge in [0.2, 0.25) is 0 Å². The SMILES string of the molecule is CSc1nccnc1COC[C@@H]1CCCN(C(=O)OC(C)(C)C)C1. The van der Waals surface area contributed by atoms with Crippen LogP contribution in [-0.4, -0.2) is 52.5 Å². The fourth-order valence-corrected chi connectivity index (χ4v) is 3.15. The molecule has 24 heavy (non-hydrogen) atoms. The molecule has 6 nitrogen and oxygen atoms in total. The van der Waals surface area contributed by atoms with Gasteiger partial charge in [0.25, 0.3) is 0 Å². The van der Waals surface area contributed by atoms with Crippen LogP contribution in [0.1, 0.15) is 39.3 Å². The van der Waals surface area contributed by atoms with Gasteiger partial charge in [0.15, 0.2) is 0 Å². The Kier molecular flexibility index (Phi) is 6.86. The van der Waals surface area contributed by atoms with E-state index in [9.17, 15) is 4.79 Å². The number of aromatic nitrogens is 2. The zero-order valence-corrected chi connectivity index (χ0v) is 15.8. The zero-order valence-electron chi connectivity index (χ0n) is 14.9. The van der Waals surface area contributed by atoms with Gasteiger partial charge in [-0.05, 0) is 39.9 Å². The summed E-state index contributed by atoms with van der Waals surface area (Å²) in [6.07, 6.45) is 7.17. The number of carbonyl (C=O) groups excluding carboxylic acids is 1. The van der Waals surface area contributed by atoms with Crippen molar-refractivity contribution < 1.29 is 14.3 Å². The molecule has 1 fully saturated rings. The number of ether oxygens (including phenoxy) is 2. The average Bonchev–Trinajstić information content (AvgIpc) is 2.54. The molecule has 7 heteroatoms. The van der Waals surface area contributed by atoms with Crippen LogP contribution < -0.4 is 0 Å². The lowest BCUT2D eigenvalue weighted by molar-refractivity contribution is 0.00547. The molecule has 1 aliphatic rings. The standard InChI is InChI=1S/C17H27N3O3S/c1-17(2,3)23-16(21)20-9-5-6-13(10-20)11-22-12-14-15(24-4)19-8-7-18-14/h7-8,13H,5-6,9-12H2,1-4H3/t13-/m1/s1. The highest BCUT2D eigenvalue weighted by molar-refractivity contribution is 7.98. The minimum atomic E-state index is -0.458. The Morgan fingerprint density at radius 3 is 2.83 bits per heavy atom. The molecule has 1 atom stereocenters. The van der Waals surface area contributed by atoms with Gasteiger partial charge >= 0.3 is 6.09 Å². The molecule has 0 N–H and O–H groups in total. The van der Waals surface area contributed by atoms with Crippen LogP contribution in [0.2, 0.25) is 0 Å². The predicted molar refractivity (Wildman–Crippen MR) is 94.0 cm³/mol. The van der Waals surface area contributed by atoms with Crippen LogP contribution in [0.4, 0.5) is 4.79 Å². The molecule has 134 valence electrons. The third-order valence-corrected chi connectivity index (χ3v) is 4.42. The van der Waals surface area contributed by atoms with Crippen molar-refractivity contribution in [2.24, 2.45) is 5.92 Å². The number of thioether (sulfide) groups is 1. The van der Waals surface area contributed by atoms with E-state index in [4.69, 9.17) is 9.47 Å². The summed E-state index contributed by atoms with van der Waals surface area (Å²) in [4.78, 5) is 22.6. The van der Waals surface area contributed by atoms with Crippen LogP contribution in [-0.2, 0) is 16.1 Å². The highest BCUT2D eigenvalue weighted by Crippen LogP contribution is 2.21. The first kappa shape index (κ1) is 19.0. The Morgan fingerprint density at radius 1 is 1.38 bits per heavy atom. The summed E-state index contributed by atoms with van der Waals surface area (Å²) in [5.41, 5.74) is 0.408. The fourth-order valence-electron chi connectivity index (χ4n) is 2.64. The Morgan fingerprint density at radius 2 is 2.12 bits per heavy atom. The number of piperidine rings is 1. The molecule has 0 radical (unpaired) electrons. The number of hydrogen-bond acceptors (Lipinski definition) is 6. The number of likely N-dealkylation sites (tertiary alicyclic amines) is 1. The maximum atomic E-state index is 12.2. The van der Waals surface area contributed by atoms with Crippen molar-refractivity contribution in [3.63, 3.8) is 0 Å². The maximum Gasteiger partial charge on any atom is 0.410 e. The van der Waals surface area contributed by atoms with Crippen LogP contribution in [0.25, 0.3) is 0 Å². The lowest BCUT2D eigenvalue weighted by atomic mass is 9.99. The molecule has 0 unspecified atom stereocenters. The van der Waals surface area contributed by atoms with Crippen LogP contribution in [0.3, 0.4) is 0 Å². The smallest absolute Gasteiger partial charge is 0.410 e. The highest BCUT2D eigenvalue weighted by atomic mass is 32.2. The Bertz CT molecular complexity index is 548. The van der Waals surface area contributed by atoms with Gasteiger partial charge in [-0.1, -0.05) is 0 Å². The molecule has 0 aliphatic carbocycles. The molecular weight excluding hydrogens is 326 g/mol. The van der Waals surface area contributed by atoms with E-state index in [1.54, 1.807) is 29.1 Å². The summed E-state index contributed by atoms with van der Waals surface area (Å²) in [7, 11) is 0. The second kappa shape index (κ2) is 8.67. The van der Waals surface area contributed by atoms with E-state index >= 15 is 0 Å². The number of amides is 1. The van der Waals surface area contributed by atoms with Gasteiger partial charge in [-0.25, -0.2) is 9.78 Å². The van der Waals surface area contributed by atoms with E-state index in [-0.39, 0.29) is 6.09 Å². The number of hydrogen-bond donors (Lipinski definition) is 0. The normalized spacial score (nSPS) is 18.5. The van der Waals surface area contributed by atoms with Gasteiger partial charge in [0.1, 0.15) is 10.6 Å². The van der Waals surface area contributed by atoms with E-state index < -0.39 is 5.60 Å². The van der Waals surface area contributed by atoms with Gasteiger partial charge in [-0.3, -0.25) is 4.98 Å². The number of rotatable bonds is 5. The van der Waals surface area contributed by atoms with Crippen molar-refractivity contribution in [3.05, 3.63) is 18.1 Å². The summed E-state index contributed by atoms with van der Waals surface area (Å²) in [6, 6.07) is 0. The molecule has 2 heterocycles. The fraction of sp³-hybridized carbons (Fsp3) is 0.706. The molecule has 0 aromatic carbocycles. The largest absolute Gasteiger partial charge is 0.444 e. The first-order chi connectivity index (χ1) is 11.4. The molecule has 1 aromatic rings. The second-order valence-electron chi connectivity index (χ2n) is 6.96. The third kappa shape index (κ3) is 5.94. The first-order valence-corrected chi connectivity index (χ1v) is 9.51. The van der Waals surface area contributed by atoms with Crippen molar-refractivity contribution in [1.82, 2.24) is 14.9 Å². The van der Waals surface area contributed by atoms with Gasteiger partial charge in [-0.15, -0.1) is 11.8 Å². The molecule has 1 aliphatic heterocycles. The molecule has 0 saturated carbocycles. The van der Waals surface area contributed by atoms with Crippen molar-refractivity contribution in [1.29, 1.82) is 0 Å². The summed E-state index contributed by atoms with van der Waals surface area (Å²) >= 11 is 1.57. The van der Waals surface area contributed by atoms with E-state index in [1.165, 1.54) is 0 Å². The van der Waals surface area contributed by atoms with E-state index in [0.29, 0.717) is 25.7 Å². The molecule has 1 aromatic heterocycles. The minimum absolute atomic E-state index is 0.231. The second-order valence-corrected chi connectivity index (χ2v) is 7.76. The van der Waals surface area contributed by atoms with Crippen LogP contribution in [0.15, 0.2) is 17.4 Å². The monoisotopic (exact) mass is 353 g/mol. The summed E-state index contributed by atoms with van der Waals surface area (Å²) in [5, 5.41) is 0.900. The average molecular weight is 353 g/mol. The molecular formula is C17H27N3O3S. The quantitative estimate of drug-likeness (QED) is 0.756. The van der Waals surface area contributed by atoms with E-state index in [2.05, 4.69) is 9.97 Å². The molecule has 0 bridgehead atoms. The number of carbonyl (C=O) groups is 1. The van der Waals surface area contributed by atoms with E-state index in [0.717, 1.165) is 30.1 Å². The topological polar surface area (TPSA) is 64.6 Å². The Balaban J connectivity index is 1.80.